The Morgan fingerprint density at radius 3 is 2.35 bits per heavy atom. The highest BCUT2D eigenvalue weighted by Gasteiger charge is 2.11. The van der Waals surface area contributed by atoms with Gasteiger partial charge in [0.25, 0.3) is 5.91 Å². The number of anilines is 1. The first-order chi connectivity index (χ1) is 12.3. The molecule has 2 rings (SSSR count). The van der Waals surface area contributed by atoms with E-state index in [4.69, 9.17) is 39.8 Å². The van der Waals surface area contributed by atoms with Gasteiger partial charge in [-0.3, -0.25) is 4.79 Å². The van der Waals surface area contributed by atoms with Gasteiger partial charge in [0.1, 0.15) is 0 Å². The molecule has 0 radical (unpaired) electrons. The van der Waals surface area contributed by atoms with Crippen LogP contribution in [0.1, 0.15) is 15.9 Å². The Balaban J connectivity index is 2.25. The number of nitrogens with one attached hydrogen (secondary N) is 1. The summed E-state index contributed by atoms with van der Waals surface area (Å²) in [5.74, 6) is -1.67. The predicted molar refractivity (Wildman–Crippen MR) is 103 cm³/mol. The van der Waals surface area contributed by atoms with E-state index in [2.05, 4.69) is 10.3 Å². The van der Waals surface area contributed by atoms with Gasteiger partial charge in [-0.05, 0) is 36.4 Å². The third kappa shape index (κ3) is 5.23. The molecule has 0 unspecified atom stereocenters. The van der Waals surface area contributed by atoms with E-state index in [1.54, 1.807) is 18.2 Å². The van der Waals surface area contributed by atoms with Crippen molar-refractivity contribution in [1.29, 1.82) is 0 Å². The van der Waals surface area contributed by atoms with E-state index < -0.39 is 11.9 Å². The first-order valence-corrected chi connectivity index (χ1v) is 7.93. The van der Waals surface area contributed by atoms with Crippen molar-refractivity contribution in [3.05, 3.63) is 63.6 Å². The van der Waals surface area contributed by atoms with Crippen molar-refractivity contribution in [2.24, 2.45) is 16.5 Å². The minimum atomic E-state index is -1.13. The molecule has 6 N–H and O–H groups in total. The molecule has 0 heterocycles. The Bertz CT molecular complexity index is 899. The number of amides is 1. The summed E-state index contributed by atoms with van der Waals surface area (Å²) in [7, 11) is 0. The van der Waals surface area contributed by atoms with Crippen LogP contribution >= 0.6 is 23.2 Å². The maximum absolute atomic E-state index is 12.4. The van der Waals surface area contributed by atoms with Gasteiger partial charge in [-0.2, -0.15) is 0 Å². The highest BCUT2D eigenvalue weighted by Crippen LogP contribution is 2.30. The van der Waals surface area contributed by atoms with Gasteiger partial charge in [-0.15, -0.1) is 0 Å². The number of carboxylic acid groups (broad SMARTS) is 1. The van der Waals surface area contributed by atoms with Gasteiger partial charge < -0.3 is 21.9 Å². The van der Waals surface area contributed by atoms with Crippen molar-refractivity contribution in [3.8, 4) is 0 Å². The second-order valence-electron chi connectivity index (χ2n) is 5.07. The number of halogens is 2. The number of nitrogens with two attached hydrogens (primary N) is 2. The highest BCUT2D eigenvalue weighted by molar-refractivity contribution is 6.37. The van der Waals surface area contributed by atoms with E-state index in [0.29, 0.717) is 22.5 Å². The van der Waals surface area contributed by atoms with E-state index in [-0.39, 0.29) is 16.0 Å². The smallest absolute Gasteiger partial charge is 0.328 e. The Morgan fingerprint density at radius 1 is 1.12 bits per heavy atom. The fourth-order valence-corrected chi connectivity index (χ4v) is 2.65. The van der Waals surface area contributed by atoms with Crippen LogP contribution in [0.4, 0.5) is 11.4 Å². The van der Waals surface area contributed by atoms with Crippen molar-refractivity contribution in [2.45, 2.75) is 0 Å². The van der Waals surface area contributed by atoms with Crippen LogP contribution in [0.5, 0.6) is 0 Å². The average Bonchev–Trinajstić information content (AvgIpc) is 2.53. The van der Waals surface area contributed by atoms with Gasteiger partial charge in [0.2, 0.25) is 0 Å². The molecule has 0 saturated heterocycles. The lowest BCUT2D eigenvalue weighted by Gasteiger charge is -2.09. The van der Waals surface area contributed by atoms with E-state index in [9.17, 15) is 9.59 Å². The molecule has 0 aromatic heterocycles. The van der Waals surface area contributed by atoms with Crippen LogP contribution in [0.25, 0.3) is 6.08 Å². The maximum atomic E-state index is 12.4. The molecule has 0 aliphatic rings. The first kappa shape index (κ1) is 19.3. The Kier molecular flexibility index (Phi) is 6.21. The summed E-state index contributed by atoms with van der Waals surface area (Å²) in [5.41, 5.74) is 12.1. The Labute approximate surface area is 158 Å². The molecule has 0 aliphatic heterocycles. The molecule has 0 spiro atoms. The molecule has 7 nitrogen and oxygen atoms in total. The predicted octanol–water partition coefficient (Wildman–Crippen LogP) is 3.25. The molecular formula is C17H14Cl2N4O3. The van der Waals surface area contributed by atoms with Crippen LogP contribution in [0.15, 0.2) is 47.5 Å². The number of nitrogens with zero attached hydrogens (tertiary/aromatic N) is 1. The molecular weight excluding hydrogens is 379 g/mol. The van der Waals surface area contributed by atoms with E-state index in [0.717, 1.165) is 6.08 Å². The zero-order valence-electron chi connectivity index (χ0n) is 13.2. The lowest BCUT2D eigenvalue weighted by atomic mass is 10.1. The van der Waals surface area contributed by atoms with Gasteiger partial charge >= 0.3 is 5.97 Å². The molecule has 26 heavy (non-hydrogen) atoms. The number of rotatable bonds is 5. The lowest BCUT2D eigenvalue weighted by Crippen LogP contribution is -2.21. The van der Waals surface area contributed by atoms with Crippen LogP contribution in [0, 0.1) is 0 Å². The van der Waals surface area contributed by atoms with Crippen molar-refractivity contribution in [2.75, 3.05) is 5.32 Å². The number of aliphatic imine (C=N–C) groups is 1. The third-order valence-corrected chi connectivity index (χ3v) is 3.72. The van der Waals surface area contributed by atoms with Crippen LogP contribution in [0.2, 0.25) is 10.0 Å². The zero-order valence-corrected chi connectivity index (χ0v) is 14.8. The summed E-state index contributed by atoms with van der Waals surface area (Å²) in [6, 6.07) is 9.32. The van der Waals surface area contributed by atoms with E-state index in [1.807, 2.05) is 0 Å². The lowest BCUT2D eigenvalue weighted by molar-refractivity contribution is -0.131. The number of carboxylic acids is 1. The van der Waals surface area contributed by atoms with Crippen LogP contribution in [-0.2, 0) is 4.79 Å². The molecule has 0 atom stereocenters. The SMILES string of the molecule is NC(N)=Nc1cccc(C(=O)Nc2cc(Cl)c(/C=C/C(=O)O)c(Cl)c2)c1. The van der Waals surface area contributed by atoms with Crippen molar-refractivity contribution in [3.63, 3.8) is 0 Å². The zero-order chi connectivity index (χ0) is 19.3. The Morgan fingerprint density at radius 2 is 1.77 bits per heavy atom. The van der Waals surface area contributed by atoms with E-state index >= 15 is 0 Å². The van der Waals surface area contributed by atoms with Crippen molar-refractivity contribution >= 4 is 58.5 Å². The second kappa shape index (κ2) is 8.37. The number of aliphatic carboxylic acids is 1. The monoisotopic (exact) mass is 392 g/mol. The third-order valence-electron chi connectivity index (χ3n) is 3.10. The molecule has 2 aromatic carbocycles. The van der Waals surface area contributed by atoms with Gasteiger partial charge in [-0.1, -0.05) is 29.3 Å². The van der Waals surface area contributed by atoms with Crippen LogP contribution < -0.4 is 16.8 Å². The van der Waals surface area contributed by atoms with Crippen molar-refractivity contribution < 1.29 is 14.7 Å². The molecule has 134 valence electrons. The highest BCUT2D eigenvalue weighted by atomic mass is 35.5. The van der Waals surface area contributed by atoms with Gasteiger partial charge in [0.15, 0.2) is 5.96 Å². The largest absolute Gasteiger partial charge is 0.478 e. The van der Waals surface area contributed by atoms with Gasteiger partial charge in [0.05, 0.1) is 15.7 Å². The Hall–Kier alpha value is -3.03. The number of carbonyl (C=O) groups is 2. The summed E-state index contributed by atoms with van der Waals surface area (Å²) in [4.78, 5) is 26.9. The number of benzene rings is 2. The number of hydrogen-bond donors (Lipinski definition) is 4. The van der Waals surface area contributed by atoms with E-state index in [1.165, 1.54) is 24.3 Å². The van der Waals surface area contributed by atoms with Crippen molar-refractivity contribution in [1.82, 2.24) is 0 Å². The second-order valence-corrected chi connectivity index (χ2v) is 5.88. The molecule has 0 saturated carbocycles. The number of guanidine groups is 1. The van der Waals surface area contributed by atoms with Gasteiger partial charge in [-0.25, -0.2) is 9.79 Å². The fraction of sp³-hybridized carbons (Fsp3) is 0. The minimum absolute atomic E-state index is 0.119. The van der Waals surface area contributed by atoms with Gasteiger partial charge in [0, 0.05) is 22.9 Å². The van der Waals surface area contributed by atoms with Crippen LogP contribution in [0.3, 0.4) is 0 Å². The quantitative estimate of drug-likeness (QED) is 0.352. The van der Waals surface area contributed by atoms with Crippen LogP contribution in [-0.4, -0.2) is 22.9 Å². The summed E-state index contributed by atoms with van der Waals surface area (Å²) in [6.07, 6.45) is 2.19. The average molecular weight is 393 g/mol. The molecule has 1 amide bonds. The summed E-state index contributed by atoms with van der Waals surface area (Å²) in [6.45, 7) is 0. The molecule has 2 aromatic rings. The summed E-state index contributed by atoms with van der Waals surface area (Å²) < 4.78 is 0. The topological polar surface area (TPSA) is 131 Å². The summed E-state index contributed by atoms with van der Waals surface area (Å²) in [5, 5.41) is 11.7. The minimum Gasteiger partial charge on any atom is -0.478 e. The maximum Gasteiger partial charge on any atom is 0.328 e. The number of hydrogen-bond acceptors (Lipinski definition) is 3. The summed E-state index contributed by atoms with van der Waals surface area (Å²) >= 11 is 12.2. The number of carbonyl (C=O) groups excluding carboxylic acids is 1. The molecule has 9 heteroatoms. The molecule has 0 bridgehead atoms. The normalized spacial score (nSPS) is 10.5. The molecule has 0 aliphatic carbocycles. The fourth-order valence-electron chi connectivity index (χ4n) is 2.04. The first-order valence-electron chi connectivity index (χ1n) is 7.17. The standard InChI is InChI=1S/C17H14Cl2N4O3/c18-13-7-11(8-14(19)12(13)4-5-15(24)25)22-16(26)9-2-1-3-10(6-9)23-17(20)21/h1-8H,(H,22,26)(H,24,25)(H4,20,21,23)/b5-4+. The molecule has 0 fully saturated rings.